The molecule has 26 heavy (non-hydrogen) atoms. The fourth-order valence-corrected chi connectivity index (χ4v) is 3.56. The Morgan fingerprint density at radius 1 is 1.23 bits per heavy atom. The van der Waals surface area contributed by atoms with Crippen molar-refractivity contribution in [3.63, 3.8) is 0 Å². The van der Waals surface area contributed by atoms with Crippen LogP contribution in [0.15, 0.2) is 40.6 Å². The van der Waals surface area contributed by atoms with Crippen LogP contribution in [0.4, 0.5) is 5.13 Å². The largest absolute Gasteiger partial charge is 0.504 e. The summed E-state index contributed by atoms with van der Waals surface area (Å²) >= 11 is 2.89. The van der Waals surface area contributed by atoms with E-state index in [4.69, 9.17) is 0 Å². The maximum absolute atomic E-state index is 12.3. The lowest BCUT2D eigenvalue weighted by molar-refractivity contribution is -0.112. The number of aryl methyl sites for hydroxylation is 1. The quantitative estimate of drug-likeness (QED) is 0.357. The summed E-state index contributed by atoms with van der Waals surface area (Å²) in [6, 6.07) is 7.88. The number of rotatable bonds is 4. The molecule has 0 aliphatic carbocycles. The van der Waals surface area contributed by atoms with Gasteiger partial charge in [-0.1, -0.05) is 6.07 Å². The minimum Gasteiger partial charge on any atom is -0.504 e. The molecule has 0 saturated carbocycles. The van der Waals surface area contributed by atoms with Crippen molar-refractivity contribution in [1.29, 1.82) is 5.26 Å². The number of carbonyl (C=O) groups is 1. The van der Waals surface area contributed by atoms with Gasteiger partial charge in [0.15, 0.2) is 16.6 Å². The highest BCUT2D eigenvalue weighted by Crippen LogP contribution is 2.29. The molecule has 130 valence electrons. The summed E-state index contributed by atoms with van der Waals surface area (Å²) in [5.41, 5.74) is 2.03. The van der Waals surface area contributed by atoms with E-state index < -0.39 is 5.91 Å². The van der Waals surface area contributed by atoms with Crippen LogP contribution >= 0.6 is 22.7 Å². The first-order valence-corrected chi connectivity index (χ1v) is 9.18. The zero-order chi connectivity index (χ0) is 18.7. The van der Waals surface area contributed by atoms with E-state index in [1.165, 1.54) is 40.5 Å². The van der Waals surface area contributed by atoms with Gasteiger partial charge in [-0.25, -0.2) is 4.98 Å². The van der Waals surface area contributed by atoms with Gasteiger partial charge in [0, 0.05) is 21.2 Å². The smallest absolute Gasteiger partial charge is 0.268 e. The molecule has 8 heteroatoms. The van der Waals surface area contributed by atoms with E-state index in [0.717, 1.165) is 11.3 Å². The van der Waals surface area contributed by atoms with Gasteiger partial charge in [-0.05, 0) is 36.8 Å². The Hall–Kier alpha value is -3.15. The predicted molar refractivity (Wildman–Crippen MR) is 102 cm³/mol. The fraction of sp³-hybridized carbons (Fsp3) is 0.0556. The van der Waals surface area contributed by atoms with Crippen LogP contribution in [0.25, 0.3) is 17.3 Å². The van der Waals surface area contributed by atoms with Crippen LogP contribution in [-0.4, -0.2) is 21.1 Å². The Morgan fingerprint density at radius 2 is 2.04 bits per heavy atom. The van der Waals surface area contributed by atoms with Crippen molar-refractivity contribution in [3.8, 4) is 28.8 Å². The van der Waals surface area contributed by atoms with Crippen molar-refractivity contribution in [1.82, 2.24) is 4.98 Å². The zero-order valence-electron chi connectivity index (χ0n) is 13.6. The number of thiophene rings is 1. The molecule has 0 fully saturated rings. The highest BCUT2D eigenvalue weighted by molar-refractivity contribution is 7.14. The van der Waals surface area contributed by atoms with E-state index in [2.05, 4.69) is 10.3 Å². The molecule has 0 atom stereocenters. The van der Waals surface area contributed by atoms with E-state index >= 15 is 0 Å². The van der Waals surface area contributed by atoms with Gasteiger partial charge in [0.05, 0.1) is 5.69 Å². The molecule has 0 radical (unpaired) electrons. The number of phenolic OH excluding ortho intramolecular Hbond substituents is 2. The minimum absolute atomic E-state index is 0.141. The summed E-state index contributed by atoms with van der Waals surface area (Å²) in [5, 5.41) is 34.9. The molecule has 0 unspecified atom stereocenters. The third-order valence-corrected chi connectivity index (χ3v) is 5.05. The SMILES string of the molecule is Cc1cc(-c2csc(NC(=O)/C(C#N)=C/c3ccc(O)c(O)c3)n2)cs1. The maximum Gasteiger partial charge on any atom is 0.268 e. The summed E-state index contributed by atoms with van der Waals surface area (Å²) in [6.45, 7) is 2.01. The molecule has 2 aromatic heterocycles. The van der Waals surface area contributed by atoms with Crippen LogP contribution in [0, 0.1) is 18.3 Å². The molecule has 3 rings (SSSR count). The molecule has 2 heterocycles. The molecule has 6 nitrogen and oxygen atoms in total. The van der Waals surface area contributed by atoms with Crippen LogP contribution < -0.4 is 5.32 Å². The number of carbonyl (C=O) groups excluding carboxylic acids is 1. The number of nitrogens with one attached hydrogen (secondary N) is 1. The van der Waals surface area contributed by atoms with E-state index in [9.17, 15) is 20.3 Å². The summed E-state index contributed by atoms with van der Waals surface area (Å²) in [5.74, 6) is -1.20. The predicted octanol–water partition coefficient (Wildman–Crippen LogP) is 4.14. The lowest BCUT2D eigenvalue weighted by Crippen LogP contribution is -2.13. The Bertz CT molecular complexity index is 1040. The first kappa shape index (κ1) is 17.7. The van der Waals surface area contributed by atoms with E-state index in [0.29, 0.717) is 10.7 Å². The van der Waals surface area contributed by atoms with Gasteiger partial charge in [0.1, 0.15) is 11.6 Å². The van der Waals surface area contributed by atoms with Crippen molar-refractivity contribution in [2.45, 2.75) is 6.92 Å². The van der Waals surface area contributed by atoms with Crippen LogP contribution in [0.2, 0.25) is 0 Å². The average Bonchev–Trinajstić information content (AvgIpc) is 3.24. The summed E-state index contributed by atoms with van der Waals surface area (Å²) in [6.07, 6.45) is 1.32. The molecular formula is C18H13N3O3S2. The first-order chi connectivity index (χ1) is 12.5. The molecule has 0 saturated heterocycles. The van der Waals surface area contributed by atoms with Gasteiger partial charge in [0.2, 0.25) is 0 Å². The normalized spacial score (nSPS) is 11.2. The number of hydrogen-bond donors (Lipinski definition) is 3. The second-order valence-corrected chi connectivity index (χ2v) is 7.33. The van der Waals surface area contributed by atoms with Crippen LogP contribution in [0.1, 0.15) is 10.4 Å². The fourth-order valence-electron chi connectivity index (χ4n) is 2.15. The van der Waals surface area contributed by atoms with E-state index in [-0.39, 0.29) is 17.1 Å². The minimum atomic E-state index is -0.595. The van der Waals surface area contributed by atoms with Crippen molar-refractivity contribution in [3.05, 3.63) is 51.0 Å². The van der Waals surface area contributed by atoms with Gasteiger partial charge in [-0.2, -0.15) is 5.26 Å². The lowest BCUT2D eigenvalue weighted by Gasteiger charge is -2.02. The average molecular weight is 383 g/mol. The summed E-state index contributed by atoms with van der Waals surface area (Å²) in [4.78, 5) is 17.8. The van der Waals surface area contributed by atoms with Gasteiger partial charge in [-0.15, -0.1) is 22.7 Å². The molecule has 3 aromatic rings. The number of aromatic nitrogens is 1. The number of phenols is 2. The number of hydrogen-bond acceptors (Lipinski definition) is 7. The Labute approximate surface area is 157 Å². The van der Waals surface area contributed by atoms with Crippen molar-refractivity contribution >= 4 is 39.8 Å². The second kappa shape index (κ2) is 7.39. The molecule has 0 bridgehead atoms. The third-order valence-electron chi connectivity index (χ3n) is 3.43. The second-order valence-electron chi connectivity index (χ2n) is 5.36. The van der Waals surface area contributed by atoms with Crippen molar-refractivity contribution < 1.29 is 15.0 Å². The topological polar surface area (TPSA) is 106 Å². The Morgan fingerprint density at radius 3 is 2.69 bits per heavy atom. The first-order valence-electron chi connectivity index (χ1n) is 7.42. The van der Waals surface area contributed by atoms with E-state index in [1.807, 2.05) is 29.8 Å². The maximum atomic E-state index is 12.3. The highest BCUT2D eigenvalue weighted by Gasteiger charge is 2.13. The van der Waals surface area contributed by atoms with Crippen molar-refractivity contribution in [2.75, 3.05) is 5.32 Å². The molecule has 0 spiro atoms. The van der Waals surface area contributed by atoms with Crippen LogP contribution in [0.5, 0.6) is 11.5 Å². The molecule has 1 amide bonds. The number of anilines is 1. The molecule has 3 N–H and O–H groups in total. The number of thiazole rings is 1. The van der Waals surface area contributed by atoms with Gasteiger partial charge in [0.25, 0.3) is 5.91 Å². The van der Waals surface area contributed by atoms with E-state index in [1.54, 1.807) is 11.3 Å². The van der Waals surface area contributed by atoms with Crippen LogP contribution in [0.3, 0.4) is 0 Å². The van der Waals surface area contributed by atoms with Gasteiger partial charge >= 0.3 is 0 Å². The number of amides is 1. The van der Waals surface area contributed by atoms with Crippen molar-refractivity contribution in [2.24, 2.45) is 0 Å². The molecule has 0 aliphatic rings. The Kier molecular flexibility index (Phi) is 5.02. The third kappa shape index (κ3) is 3.91. The molecule has 0 aliphatic heterocycles. The monoisotopic (exact) mass is 383 g/mol. The Balaban J connectivity index is 1.77. The molecule has 1 aromatic carbocycles. The lowest BCUT2D eigenvalue weighted by atomic mass is 10.1. The molecular weight excluding hydrogens is 370 g/mol. The zero-order valence-corrected chi connectivity index (χ0v) is 15.2. The van der Waals surface area contributed by atoms with Crippen LogP contribution in [-0.2, 0) is 4.79 Å². The number of benzene rings is 1. The van der Waals surface area contributed by atoms with Gasteiger partial charge in [-0.3, -0.25) is 10.1 Å². The number of nitriles is 1. The summed E-state index contributed by atoms with van der Waals surface area (Å²) < 4.78 is 0. The van der Waals surface area contributed by atoms with Gasteiger partial charge < -0.3 is 10.2 Å². The summed E-state index contributed by atoms with van der Waals surface area (Å²) in [7, 11) is 0. The standard InChI is InChI=1S/C18H13N3O3S2/c1-10-4-13(8-25-10)14-9-26-18(20-14)21-17(24)12(7-19)5-11-2-3-15(22)16(23)6-11/h2-6,8-9,22-23H,1H3,(H,20,21,24)/b12-5+. The number of nitrogens with zero attached hydrogens (tertiary/aromatic N) is 2. The highest BCUT2D eigenvalue weighted by atomic mass is 32.1. The number of aromatic hydroxyl groups is 2.